The van der Waals surface area contributed by atoms with E-state index in [1.807, 2.05) is 6.07 Å². The van der Waals surface area contributed by atoms with E-state index >= 15 is 0 Å². The van der Waals surface area contributed by atoms with Gasteiger partial charge >= 0.3 is 5.69 Å². The highest BCUT2D eigenvalue weighted by atomic mass is 16.6. The standard InChI is InChI=1S/C14H17N3O3/c15-9-11-4-5-12(17(18)19)13(8-11)20-10-14(16)6-2-1-3-7-14/h4-5,8H,1-3,6-7,10,16H2. The van der Waals surface area contributed by atoms with Gasteiger partial charge in [0.05, 0.1) is 22.1 Å². The monoisotopic (exact) mass is 275 g/mol. The minimum Gasteiger partial charge on any atom is -0.485 e. The number of nitro benzene ring substituents is 1. The summed E-state index contributed by atoms with van der Waals surface area (Å²) >= 11 is 0. The third-order valence-electron chi connectivity index (χ3n) is 3.65. The van der Waals surface area contributed by atoms with Crippen molar-refractivity contribution in [2.45, 2.75) is 37.6 Å². The smallest absolute Gasteiger partial charge is 0.311 e. The molecule has 20 heavy (non-hydrogen) atoms. The van der Waals surface area contributed by atoms with Gasteiger partial charge in [0.1, 0.15) is 6.61 Å². The molecule has 2 N–H and O–H groups in total. The number of nitriles is 1. The molecular weight excluding hydrogens is 258 g/mol. The molecule has 1 aliphatic carbocycles. The topological polar surface area (TPSA) is 102 Å². The van der Waals surface area contributed by atoms with Crippen molar-refractivity contribution in [1.29, 1.82) is 5.26 Å². The summed E-state index contributed by atoms with van der Waals surface area (Å²) in [5, 5.41) is 19.8. The Morgan fingerprint density at radius 3 is 2.70 bits per heavy atom. The third kappa shape index (κ3) is 3.25. The summed E-state index contributed by atoms with van der Waals surface area (Å²) in [7, 11) is 0. The highest BCUT2D eigenvalue weighted by Crippen LogP contribution is 2.31. The van der Waals surface area contributed by atoms with E-state index in [4.69, 9.17) is 15.7 Å². The average Bonchev–Trinajstić information content (AvgIpc) is 2.45. The Kier molecular flexibility index (Phi) is 4.20. The average molecular weight is 275 g/mol. The van der Waals surface area contributed by atoms with Crippen LogP contribution in [-0.2, 0) is 0 Å². The van der Waals surface area contributed by atoms with Crippen molar-refractivity contribution in [3.05, 3.63) is 33.9 Å². The molecule has 1 aromatic carbocycles. The van der Waals surface area contributed by atoms with Crippen molar-refractivity contribution in [2.24, 2.45) is 5.73 Å². The Labute approximate surface area is 117 Å². The Hall–Kier alpha value is -2.13. The molecule has 106 valence electrons. The zero-order valence-corrected chi connectivity index (χ0v) is 11.2. The van der Waals surface area contributed by atoms with Crippen LogP contribution in [0.15, 0.2) is 18.2 Å². The summed E-state index contributed by atoms with van der Waals surface area (Å²) in [4.78, 5) is 10.5. The molecule has 0 aromatic heterocycles. The predicted molar refractivity (Wildman–Crippen MR) is 73.3 cm³/mol. The number of nitrogens with two attached hydrogens (primary N) is 1. The molecule has 0 spiro atoms. The van der Waals surface area contributed by atoms with Crippen molar-refractivity contribution in [1.82, 2.24) is 0 Å². The van der Waals surface area contributed by atoms with Crippen LogP contribution in [0.5, 0.6) is 5.75 Å². The molecule has 1 fully saturated rings. The van der Waals surface area contributed by atoms with Gasteiger partial charge in [0.15, 0.2) is 5.75 Å². The lowest BCUT2D eigenvalue weighted by Gasteiger charge is -2.32. The first kappa shape index (κ1) is 14.3. The Balaban J connectivity index is 2.15. The minimum atomic E-state index is -0.513. The molecule has 6 nitrogen and oxygen atoms in total. The molecule has 2 rings (SSSR count). The lowest BCUT2D eigenvalue weighted by atomic mass is 9.83. The van der Waals surface area contributed by atoms with Crippen molar-refractivity contribution in [2.75, 3.05) is 6.61 Å². The van der Waals surface area contributed by atoms with E-state index in [-0.39, 0.29) is 18.0 Å². The lowest BCUT2D eigenvalue weighted by Crippen LogP contribution is -2.47. The summed E-state index contributed by atoms with van der Waals surface area (Å²) in [6.07, 6.45) is 5.00. The Morgan fingerprint density at radius 2 is 2.10 bits per heavy atom. The maximum Gasteiger partial charge on any atom is 0.311 e. The summed E-state index contributed by atoms with van der Waals surface area (Å²) in [6, 6.07) is 6.04. The molecule has 0 radical (unpaired) electrons. The predicted octanol–water partition coefficient (Wildman–Crippen LogP) is 2.51. The molecule has 1 aliphatic rings. The van der Waals surface area contributed by atoms with E-state index in [1.165, 1.54) is 24.6 Å². The molecule has 0 atom stereocenters. The molecule has 0 bridgehead atoms. The quantitative estimate of drug-likeness (QED) is 0.671. The fraction of sp³-hybridized carbons (Fsp3) is 0.500. The van der Waals surface area contributed by atoms with Crippen molar-refractivity contribution in [3.63, 3.8) is 0 Å². The van der Waals surface area contributed by atoms with E-state index in [2.05, 4.69) is 0 Å². The number of benzene rings is 1. The lowest BCUT2D eigenvalue weighted by molar-refractivity contribution is -0.385. The number of hydrogen-bond donors (Lipinski definition) is 1. The Bertz CT molecular complexity index is 545. The largest absolute Gasteiger partial charge is 0.485 e. The van der Waals surface area contributed by atoms with Crippen LogP contribution in [0, 0.1) is 21.4 Å². The van der Waals surface area contributed by atoms with Crippen LogP contribution in [0.2, 0.25) is 0 Å². The normalized spacial score (nSPS) is 17.2. The number of nitrogens with zero attached hydrogens (tertiary/aromatic N) is 2. The van der Waals surface area contributed by atoms with E-state index in [0.29, 0.717) is 5.56 Å². The van der Waals surface area contributed by atoms with E-state index < -0.39 is 10.5 Å². The zero-order chi connectivity index (χ0) is 14.6. The first-order chi connectivity index (χ1) is 9.54. The second kappa shape index (κ2) is 5.88. The molecule has 0 unspecified atom stereocenters. The van der Waals surface area contributed by atoms with Gasteiger partial charge in [-0.2, -0.15) is 5.26 Å². The SMILES string of the molecule is N#Cc1ccc([N+](=O)[O-])c(OCC2(N)CCCCC2)c1. The second-order valence-electron chi connectivity index (χ2n) is 5.26. The van der Waals surface area contributed by atoms with Gasteiger partial charge in [-0.25, -0.2) is 0 Å². The van der Waals surface area contributed by atoms with Gasteiger partial charge in [-0.05, 0) is 18.9 Å². The number of nitro groups is 1. The van der Waals surface area contributed by atoms with Crippen LogP contribution in [0.25, 0.3) is 0 Å². The molecule has 0 heterocycles. The fourth-order valence-corrected chi connectivity index (χ4v) is 2.47. The van der Waals surface area contributed by atoms with Crippen LogP contribution in [0.1, 0.15) is 37.7 Å². The van der Waals surface area contributed by atoms with Gasteiger partial charge in [0, 0.05) is 12.1 Å². The van der Waals surface area contributed by atoms with E-state index in [1.54, 1.807) is 0 Å². The summed E-state index contributed by atoms with van der Waals surface area (Å²) in [5.41, 5.74) is 6.02. The van der Waals surface area contributed by atoms with E-state index in [9.17, 15) is 10.1 Å². The number of rotatable bonds is 4. The highest BCUT2D eigenvalue weighted by Gasteiger charge is 2.29. The summed E-state index contributed by atoms with van der Waals surface area (Å²) in [5.74, 6) is 0.115. The van der Waals surface area contributed by atoms with Gasteiger partial charge in [-0.15, -0.1) is 0 Å². The highest BCUT2D eigenvalue weighted by molar-refractivity contribution is 5.51. The molecule has 0 amide bonds. The molecular formula is C14H17N3O3. The first-order valence-electron chi connectivity index (χ1n) is 6.64. The first-order valence-corrected chi connectivity index (χ1v) is 6.64. The zero-order valence-electron chi connectivity index (χ0n) is 11.2. The van der Waals surface area contributed by atoms with Gasteiger partial charge in [0.25, 0.3) is 0 Å². The van der Waals surface area contributed by atoms with Crippen LogP contribution in [-0.4, -0.2) is 17.1 Å². The van der Waals surface area contributed by atoms with E-state index in [0.717, 1.165) is 25.7 Å². The van der Waals surface area contributed by atoms with Crippen LogP contribution in [0.3, 0.4) is 0 Å². The van der Waals surface area contributed by atoms with Gasteiger partial charge in [0.2, 0.25) is 0 Å². The molecule has 1 aromatic rings. The van der Waals surface area contributed by atoms with Crippen molar-refractivity contribution in [3.8, 4) is 11.8 Å². The summed E-state index contributed by atoms with van der Waals surface area (Å²) in [6.45, 7) is 0.239. The third-order valence-corrected chi connectivity index (χ3v) is 3.65. The maximum absolute atomic E-state index is 11.0. The van der Waals surface area contributed by atoms with Crippen LogP contribution < -0.4 is 10.5 Å². The minimum absolute atomic E-state index is 0.115. The maximum atomic E-state index is 11.0. The number of ether oxygens (including phenoxy) is 1. The summed E-state index contributed by atoms with van der Waals surface area (Å²) < 4.78 is 5.57. The number of hydrogen-bond acceptors (Lipinski definition) is 5. The molecule has 0 aliphatic heterocycles. The van der Waals surface area contributed by atoms with Crippen LogP contribution in [0.4, 0.5) is 5.69 Å². The molecule has 0 saturated heterocycles. The van der Waals surface area contributed by atoms with Crippen molar-refractivity contribution >= 4 is 5.69 Å². The van der Waals surface area contributed by atoms with Gasteiger partial charge in [-0.1, -0.05) is 19.3 Å². The molecule has 6 heteroatoms. The van der Waals surface area contributed by atoms with Crippen molar-refractivity contribution < 1.29 is 9.66 Å². The van der Waals surface area contributed by atoms with Gasteiger partial charge < -0.3 is 10.5 Å². The Morgan fingerprint density at radius 1 is 1.40 bits per heavy atom. The van der Waals surface area contributed by atoms with Gasteiger partial charge in [-0.3, -0.25) is 10.1 Å². The second-order valence-corrected chi connectivity index (χ2v) is 5.26. The fourth-order valence-electron chi connectivity index (χ4n) is 2.47. The van der Waals surface area contributed by atoms with Crippen LogP contribution >= 0.6 is 0 Å². The molecule has 1 saturated carbocycles.